The molecule has 0 bridgehead atoms. The van der Waals surface area contributed by atoms with Crippen LogP contribution in [0.5, 0.6) is 0 Å². The van der Waals surface area contributed by atoms with Gasteiger partial charge in [0.15, 0.2) is 0 Å². The summed E-state index contributed by atoms with van der Waals surface area (Å²) in [6.07, 6.45) is 1.47. The minimum atomic E-state index is -0.404. The molecule has 1 aromatic heterocycles. The van der Waals surface area contributed by atoms with Gasteiger partial charge in [0.05, 0.1) is 30.2 Å². The van der Waals surface area contributed by atoms with Crippen molar-refractivity contribution in [3.63, 3.8) is 0 Å². The van der Waals surface area contributed by atoms with E-state index >= 15 is 0 Å². The van der Waals surface area contributed by atoms with Gasteiger partial charge < -0.3 is 5.32 Å². The third kappa shape index (κ3) is 4.32. The van der Waals surface area contributed by atoms with Crippen LogP contribution >= 0.6 is 0 Å². The van der Waals surface area contributed by atoms with Crippen molar-refractivity contribution in [2.45, 2.75) is 13.5 Å². The van der Waals surface area contributed by atoms with Gasteiger partial charge in [0.25, 0.3) is 11.5 Å². The number of rotatable bonds is 5. The van der Waals surface area contributed by atoms with Gasteiger partial charge in [-0.1, -0.05) is 12.1 Å². The van der Waals surface area contributed by atoms with Crippen LogP contribution in [0.2, 0.25) is 0 Å². The number of nitrogens with one attached hydrogen (secondary N) is 2. The number of fused-ring (bicyclic) bond motifs is 1. The lowest BCUT2D eigenvalue weighted by Gasteiger charge is -2.26. The molecular formula is C22H23N5O4. The van der Waals surface area contributed by atoms with Gasteiger partial charge in [0, 0.05) is 25.2 Å². The molecule has 9 nitrogen and oxygen atoms in total. The van der Waals surface area contributed by atoms with Gasteiger partial charge in [-0.05, 0) is 42.3 Å². The molecular weight excluding hydrogens is 398 g/mol. The molecule has 0 aliphatic carbocycles. The van der Waals surface area contributed by atoms with E-state index in [4.69, 9.17) is 0 Å². The predicted molar refractivity (Wildman–Crippen MR) is 115 cm³/mol. The lowest BCUT2D eigenvalue weighted by molar-refractivity contribution is -0.124. The molecule has 2 heterocycles. The Balaban J connectivity index is 1.72. The van der Waals surface area contributed by atoms with Crippen molar-refractivity contribution in [1.82, 2.24) is 25.2 Å². The van der Waals surface area contributed by atoms with Gasteiger partial charge in [-0.3, -0.25) is 28.7 Å². The standard InChI is InChI=1S/C22H23N5O4/c1-14-3-5-16(21(29)25-31-2)10-19(14)27-13-24-18-6-4-15(9-17(18)22(27)30)11-26-8-7-23-20(28)12-26/h3-6,9-10,13H,7-8,11-12H2,1-2H3,(H,23,28)(H,25,29). The summed E-state index contributed by atoms with van der Waals surface area (Å²) in [5.41, 5.74) is 5.34. The third-order valence-corrected chi connectivity index (χ3v) is 5.27. The van der Waals surface area contributed by atoms with Gasteiger partial charge in [-0.15, -0.1) is 0 Å². The minimum Gasteiger partial charge on any atom is -0.354 e. The topological polar surface area (TPSA) is 106 Å². The van der Waals surface area contributed by atoms with Gasteiger partial charge in [0.2, 0.25) is 5.91 Å². The first-order chi connectivity index (χ1) is 15.0. The van der Waals surface area contributed by atoms with Crippen LogP contribution in [-0.2, 0) is 16.2 Å². The van der Waals surface area contributed by atoms with Crippen molar-refractivity contribution >= 4 is 22.7 Å². The Hall–Kier alpha value is -3.56. The number of carbonyl (C=O) groups is 2. The first-order valence-corrected chi connectivity index (χ1v) is 9.90. The maximum absolute atomic E-state index is 13.3. The van der Waals surface area contributed by atoms with E-state index in [1.165, 1.54) is 18.0 Å². The Morgan fingerprint density at radius 2 is 2.06 bits per heavy atom. The van der Waals surface area contributed by atoms with Crippen molar-refractivity contribution in [1.29, 1.82) is 0 Å². The number of aromatic nitrogens is 2. The summed E-state index contributed by atoms with van der Waals surface area (Å²) in [7, 11) is 1.36. The molecule has 0 radical (unpaired) electrons. The molecule has 1 fully saturated rings. The molecule has 31 heavy (non-hydrogen) atoms. The van der Waals surface area contributed by atoms with Crippen LogP contribution in [0.25, 0.3) is 16.6 Å². The number of nitrogens with zero attached hydrogens (tertiary/aromatic N) is 3. The molecule has 0 atom stereocenters. The maximum atomic E-state index is 13.3. The van der Waals surface area contributed by atoms with Gasteiger partial charge in [0.1, 0.15) is 6.33 Å². The van der Waals surface area contributed by atoms with E-state index in [9.17, 15) is 14.4 Å². The molecule has 3 aromatic rings. The molecule has 0 saturated carbocycles. The molecule has 2 amide bonds. The fourth-order valence-corrected chi connectivity index (χ4v) is 3.69. The highest BCUT2D eigenvalue weighted by molar-refractivity contribution is 5.94. The fourth-order valence-electron chi connectivity index (χ4n) is 3.69. The maximum Gasteiger partial charge on any atom is 0.274 e. The number of carbonyl (C=O) groups excluding carboxylic acids is 2. The van der Waals surface area contributed by atoms with Gasteiger partial charge in [-0.2, -0.15) is 0 Å². The zero-order chi connectivity index (χ0) is 22.0. The van der Waals surface area contributed by atoms with Gasteiger partial charge >= 0.3 is 0 Å². The summed E-state index contributed by atoms with van der Waals surface area (Å²) in [6, 6.07) is 10.6. The Morgan fingerprint density at radius 3 is 2.84 bits per heavy atom. The highest BCUT2D eigenvalue weighted by Crippen LogP contribution is 2.18. The van der Waals surface area contributed by atoms with E-state index in [-0.39, 0.29) is 11.5 Å². The average Bonchev–Trinajstić information content (AvgIpc) is 2.75. The minimum absolute atomic E-state index is 0.00364. The van der Waals surface area contributed by atoms with Crippen molar-refractivity contribution in [2.24, 2.45) is 0 Å². The fraction of sp³-hybridized carbons (Fsp3) is 0.273. The van der Waals surface area contributed by atoms with Crippen molar-refractivity contribution < 1.29 is 14.4 Å². The molecule has 4 rings (SSSR count). The van der Waals surface area contributed by atoms with Crippen LogP contribution in [0.4, 0.5) is 0 Å². The number of hydrogen-bond acceptors (Lipinski definition) is 6. The highest BCUT2D eigenvalue weighted by atomic mass is 16.6. The van der Waals surface area contributed by atoms with Crippen molar-refractivity contribution in [2.75, 3.05) is 26.7 Å². The van der Waals surface area contributed by atoms with Gasteiger partial charge in [-0.25, -0.2) is 10.5 Å². The predicted octanol–water partition coefficient (Wildman–Crippen LogP) is 0.917. The first-order valence-electron chi connectivity index (χ1n) is 9.90. The lowest BCUT2D eigenvalue weighted by atomic mass is 10.1. The monoisotopic (exact) mass is 421 g/mol. The second-order valence-electron chi connectivity index (χ2n) is 7.47. The van der Waals surface area contributed by atoms with E-state index < -0.39 is 5.91 Å². The number of hydrogen-bond donors (Lipinski definition) is 2. The third-order valence-electron chi connectivity index (χ3n) is 5.27. The van der Waals surface area contributed by atoms with Crippen molar-refractivity contribution in [3.05, 3.63) is 69.8 Å². The molecule has 1 saturated heterocycles. The average molecular weight is 421 g/mol. The van der Waals surface area contributed by atoms with E-state index in [1.54, 1.807) is 18.2 Å². The van der Waals surface area contributed by atoms with Crippen LogP contribution in [0.3, 0.4) is 0 Å². The first kappa shape index (κ1) is 20.7. The Labute approximate surface area is 178 Å². The van der Waals surface area contributed by atoms with Crippen LogP contribution in [0, 0.1) is 6.92 Å². The van der Waals surface area contributed by atoms with Crippen LogP contribution in [0.15, 0.2) is 47.5 Å². The normalized spacial score (nSPS) is 14.5. The van der Waals surface area contributed by atoms with Crippen LogP contribution in [0.1, 0.15) is 21.5 Å². The van der Waals surface area contributed by atoms with E-state index in [0.29, 0.717) is 41.8 Å². The second-order valence-corrected chi connectivity index (χ2v) is 7.47. The molecule has 160 valence electrons. The number of benzene rings is 2. The molecule has 0 unspecified atom stereocenters. The highest BCUT2D eigenvalue weighted by Gasteiger charge is 2.17. The summed E-state index contributed by atoms with van der Waals surface area (Å²) in [5.74, 6) is -0.401. The van der Waals surface area contributed by atoms with Crippen LogP contribution < -0.4 is 16.4 Å². The zero-order valence-electron chi connectivity index (χ0n) is 17.3. The zero-order valence-corrected chi connectivity index (χ0v) is 17.3. The summed E-state index contributed by atoms with van der Waals surface area (Å²) in [4.78, 5) is 48.2. The summed E-state index contributed by atoms with van der Waals surface area (Å²) < 4.78 is 1.44. The summed E-state index contributed by atoms with van der Waals surface area (Å²) in [6.45, 7) is 4.15. The number of piperazine rings is 1. The SMILES string of the molecule is CONC(=O)c1ccc(C)c(-n2cnc3ccc(CN4CCNC(=O)C4)cc3c2=O)c1. The Kier molecular flexibility index (Phi) is 5.79. The second kappa shape index (κ2) is 8.66. The molecule has 1 aliphatic heterocycles. The lowest BCUT2D eigenvalue weighted by Crippen LogP contribution is -2.47. The summed E-state index contributed by atoms with van der Waals surface area (Å²) >= 11 is 0. The number of amides is 2. The number of hydroxylamine groups is 1. The largest absolute Gasteiger partial charge is 0.354 e. The Bertz CT molecular complexity index is 1220. The molecule has 0 spiro atoms. The van der Waals surface area contributed by atoms with E-state index in [1.807, 2.05) is 30.0 Å². The smallest absolute Gasteiger partial charge is 0.274 e. The van der Waals surface area contributed by atoms with Crippen molar-refractivity contribution in [3.8, 4) is 5.69 Å². The van der Waals surface area contributed by atoms with E-state index in [0.717, 1.165) is 17.7 Å². The number of aryl methyl sites for hydroxylation is 1. The molecule has 2 aromatic carbocycles. The molecule has 1 aliphatic rings. The quantitative estimate of drug-likeness (QED) is 0.594. The summed E-state index contributed by atoms with van der Waals surface area (Å²) in [5, 5.41) is 3.29. The Morgan fingerprint density at radius 1 is 1.23 bits per heavy atom. The van der Waals surface area contributed by atoms with Crippen LogP contribution in [-0.4, -0.2) is 53.0 Å². The molecule has 2 N–H and O–H groups in total. The van der Waals surface area contributed by atoms with E-state index in [2.05, 4.69) is 20.6 Å². The molecule has 9 heteroatoms.